The second-order valence-corrected chi connectivity index (χ2v) is 3.59. The molecule has 0 aliphatic carbocycles. The number of hydrogen-bond donors (Lipinski definition) is 0. The standard InChI is InChI=1S/C10H12N4O/c1-7-11-12-9-6-8(4-5-14(7)9)10(15)13(2)3/h4-6H,1-3H3. The molecule has 0 saturated heterocycles. The van der Waals surface area contributed by atoms with E-state index >= 15 is 0 Å². The van der Waals surface area contributed by atoms with Crippen molar-refractivity contribution in [3.63, 3.8) is 0 Å². The minimum atomic E-state index is -0.0295. The predicted octanol–water partition coefficient (Wildman–Crippen LogP) is 0.740. The number of nitrogens with zero attached hydrogens (tertiary/aromatic N) is 4. The van der Waals surface area contributed by atoms with Crippen LogP contribution in [-0.2, 0) is 0 Å². The Morgan fingerprint density at radius 3 is 2.80 bits per heavy atom. The maximum absolute atomic E-state index is 11.7. The topological polar surface area (TPSA) is 50.5 Å². The van der Waals surface area contributed by atoms with Crippen LogP contribution < -0.4 is 0 Å². The number of pyridine rings is 1. The lowest BCUT2D eigenvalue weighted by Gasteiger charge is -2.09. The average Bonchev–Trinajstić information content (AvgIpc) is 2.59. The Hall–Kier alpha value is -1.91. The fourth-order valence-corrected chi connectivity index (χ4v) is 1.40. The van der Waals surface area contributed by atoms with E-state index in [0.717, 1.165) is 5.82 Å². The number of hydrogen-bond acceptors (Lipinski definition) is 3. The number of aryl methyl sites for hydroxylation is 1. The van der Waals surface area contributed by atoms with Gasteiger partial charge in [0, 0.05) is 25.9 Å². The lowest BCUT2D eigenvalue weighted by atomic mass is 10.2. The van der Waals surface area contributed by atoms with E-state index < -0.39 is 0 Å². The largest absolute Gasteiger partial charge is 0.345 e. The number of carbonyl (C=O) groups excluding carboxylic acids is 1. The van der Waals surface area contributed by atoms with Crippen LogP contribution in [0.4, 0.5) is 0 Å². The smallest absolute Gasteiger partial charge is 0.253 e. The molecule has 0 fully saturated rings. The molecule has 2 heterocycles. The van der Waals surface area contributed by atoms with E-state index in [-0.39, 0.29) is 5.91 Å². The Balaban J connectivity index is 2.52. The van der Waals surface area contributed by atoms with Gasteiger partial charge in [0.1, 0.15) is 5.82 Å². The molecule has 0 spiro atoms. The lowest BCUT2D eigenvalue weighted by molar-refractivity contribution is 0.0827. The van der Waals surface area contributed by atoms with Crippen LogP contribution >= 0.6 is 0 Å². The van der Waals surface area contributed by atoms with E-state index in [4.69, 9.17) is 0 Å². The summed E-state index contributed by atoms with van der Waals surface area (Å²) in [5.74, 6) is 0.784. The highest BCUT2D eigenvalue weighted by Crippen LogP contribution is 2.08. The number of carbonyl (C=O) groups is 1. The second-order valence-electron chi connectivity index (χ2n) is 3.59. The third-order valence-corrected chi connectivity index (χ3v) is 2.23. The monoisotopic (exact) mass is 204 g/mol. The van der Waals surface area contributed by atoms with Crippen LogP contribution in [0.5, 0.6) is 0 Å². The molecule has 0 unspecified atom stereocenters. The molecule has 78 valence electrons. The Morgan fingerprint density at radius 2 is 2.13 bits per heavy atom. The highest BCUT2D eigenvalue weighted by atomic mass is 16.2. The molecule has 0 radical (unpaired) electrons. The van der Waals surface area contributed by atoms with E-state index in [1.165, 1.54) is 4.90 Å². The van der Waals surface area contributed by atoms with Crippen molar-refractivity contribution in [3.05, 3.63) is 29.7 Å². The van der Waals surface area contributed by atoms with E-state index in [0.29, 0.717) is 11.2 Å². The molecule has 2 rings (SSSR count). The summed E-state index contributed by atoms with van der Waals surface area (Å²) in [5, 5.41) is 7.89. The first-order valence-electron chi connectivity index (χ1n) is 4.62. The highest BCUT2D eigenvalue weighted by Gasteiger charge is 2.09. The van der Waals surface area contributed by atoms with Crippen molar-refractivity contribution in [1.29, 1.82) is 0 Å². The van der Waals surface area contributed by atoms with Crippen molar-refractivity contribution < 1.29 is 4.79 Å². The van der Waals surface area contributed by atoms with Crippen LogP contribution in [0.3, 0.4) is 0 Å². The van der Waals surface area contributed by atoms with E-state index in [9.17, 15) is 4.79 Å². The van der Waals surface area contributed by atoms with Crippen LogP contribution in [0.15, 0.2) is 18.3 Å². The van der Waals surface area contributed by atoms with Gasteiger partial charge in [-0.15, -0.1) is 10.2 Å². The summed E-state index contributed by atoms with van der Waals surface area (Å²) in [5.41, 5.74) is 1.32. The predicted molar refractivity (Wildman–Crippen MR) is 55.7 cm³/mol. The van der Waals surface area contributed by atoms with Crippen molar-refractivity contribution in [2.24, 2.45) is 0 Å². The van der Waals surface area contributed by atoms with Gasteiger partial charge in [0.2, 0.25) is 0 Å². The van der Waals surface area contributed by atoms with Gasteiger partial charge in [0.25, 0.3) is 5.91 Å². The van der Waals surface area contributed by atoms with Gasteiger partial charge in [-0.05, 0) is 19.1 Å². The summed E-state index contributed by atoms with van der Waals surface area (Å²) in [6, 6.07) is 3.51. The quantitative estimate of drug-likeness (QED) is 0.688. The van der Waals surface area contributed by atoms with Gasteiger partial charge in [0.15, 0.2) is 5.65 Å². The molecule has 0 aromatic carbocycles. The first-order valence-corrected chi connectivity index (χ1v) is 4.62. The third-order valence-electron chi connectivity index (χ3n) is 2.23. The minimum Gasteiger partial charge on any atom is -0.345 e. The zero-order chi connectivity index (χ0) is 11.0. The van der Waals surface area contributed by atoms with Crippen molar-refractivity contribution in [2.75, 3.05) is 14.1 Å². The summed E-state index contributed by atoms with van der Waals surface area (Å²) in [6.07, 6.45) is 1.81. The van der Waals surface area contributed by atoms with Crippen LogP contribution in [0.25, 0.3) is 5.65 Å². The molecule has 2 aromatic rings. The summed E-state index contributed by atoms with van der Waals surface area (Å²) < 4.78 is 1.84. The second kappa shape index (κ2) is 3.34. The molecule has 0 aliphatic heterocycles. The number of fused-ring (bicyclic) bond motifs is 1. The molecule has 5 nitrogen and oxygen atoms in total. The summed E-state index contributed by atoms with van der Waals surface area (Å²) in [4.78, 5) is 13.2. The van der Waals surface area contributed by atoms with Gasteiger partial charge in [-0.2, -0.15) is 0 Å². The van der Waals surface area contributed by atoms with Gasteiger partial charge >= 0.3 is 0 Å². The Kier molecular flexibility index (Phi) is 2.15. The molecule has 2 aromatic heterocycles. The molecule has 0 saturated carbocycles. The molecular weight excluding hydrogens is 192 g/mol. The number of aromatic nitrogens is 3. The van der Waals surface area contributed by atoms with Gasteiger partial charge in [0.05, 0.1) is 0 Å². The zero-order valence-electron chi connectivity index (χ0n) is 8.93. The van der Waals surface area contributed by atoms with E-state index in [1.54, 1.807) is 32.4 Å². The molecule has 15 heavy (non-hydrogen) atoms. The van der Waals surface area contributed by atoms with Gasteiger partial charge in [-0.3, -0.25) is 9.20 Å². The summed E-state index contributed by atoms with van der Waals surface area (Å²) in [7, 11) is 3.45. The Labute approximate surface area is 87.3 Å². The first kappa shape index (κ1) is 9.64. The zero-order valence-corrected chi connectivity index (χ0v) is 8.93. The first-order chi connectivity index (χ1) is 7.09. The molecule has 0 bridgehead atoms. The molecule has 0 aliphatic rings. The normalized spacial score (nSPS) is 10.6. The molecule has 5 heteroatoms. The van der Waals surface area contributed by atoms with Gasteiger partial charge in [-0.1, -0.05) is 0 Å². The van der Waals surface area contributed by atoms with Gasteiger partial charge in [-0.25, -0.2) is 0 Å². The molecule has 0 N–H and O–H groups in total. The maximum atomic E-state index is 11.7. The minimum absolute atomic E-state index is 0.0295. The number of amides is 1. The maximum Gasteiger partial charge on any atom is 0.253 e. The molecular formula is C10H12N4O. The molecule has 1 amide bonds. The van der Waals surface area contributed by atoms with Crippen molar-refractivity contribution in [3.8, 4) is 0 Å². The average molecular weight is 204 g/mol. The van der Waals surface area contributed by atoms with Gasteiger partial charge < -0.3 is 4.90 Å². The lowest BCUT2D eigenvalue weighted by Crippen LogP contribution is -2.21. The van der Waals surface area contributed by atoms with Crippen LogP contribution in [0, 0.1) is 6.92 Å². The van der Waals surface area contributed by atoms with Crippen LogP contribution in [0.1, 0.15) is 16.2 Å². The van der Waals surface area contributed by atoms with E-state index in [1.807, 2.05) is 11.3 Å². The third kappa shape index (κ3) is 1.56. The van der Waals surface area contributed by atoms with Crippen molar-refractivity contribution in [1.82, 2.24) is 19.5 Å². The Morgan fingerprint density at radius 1 is 1.40 bits per heavy atom. The van der Waals surface area contributed by atoms with Crippen LogP contribution in [-0.4, -0.2) is 39.5 Å². The fourth-order valence-electron chi connectivity index (χ4n) is 1.40. The fraction of sp³-hybridized carbons (Fsp3) is 0.300. The van der Waals surface area contributed by atoms with Crippen molar-refractivity contribution in [2.45, 2.75) is 6.92 Å². The van der Waals surface area contributed by atoms with Crippen LogP contribution in [0.2, 0.25) is 0 Å². The van der Waals surface area contributed by atoms with E-state index in [2.05, 4.69) is 10.2 Å². The SMILES string of the molecule is Cc1nnc2cc(C(=O)N(C)C)ccn12. The summed E-state index contributed by atoms with van der Waals surface area (Å²) >= 11 is 0. The number of rotatable bonds is 1. The highest BCUT2D eigenvalue weighted by molar-refractivity contribution is 5.94. The Bertz CT molecular complexity index is 515. The van der Waals surface area contributed by atoms with Crippen molar-refractivity contribution >= 4 is 11.6 Å². The summed E-state index contributed by atoms with van der Waals surface area (Å²) in [6.45, 7) is 1.87. The molecule has 0 atom stereocenters.